The minimum Gasteiger partial charge on any atom is -0.497 e. The van der Waals surface area contributed by atoms with Crippen LogP contribution in [0.3, 0.4) is 0 Å². The lowest BCUT2D eigenvalue weighted by Gasteiger charge is -2.03. The highest BCUT2D eigenvalue weighted by Crippen LogP contribution is 2.23. The van der Waals surface area contributed by atoms with Crippen LogP contribution < -0.4 is 10.1 Å². The molecule has 18 heavy (non-hydrogen) atoms. The number of hydrogen-bond donors (Lipinski definition) is 1. The van der Waals surface area contributed by atoms with Crippen molar-refractivity contribution in [2.24, 2.45) is 0 Å². The van der Waals surface area contributed by atoms with Gasteiger partial charge in [0.05, 0.1) is 7.11 Å². The van der Waals surface area contributed by atoms with Crippen LogP contribution in [-0.2, 0) is 0 Å². The number of carbonyl (C=O) groups excluding carboxylic acids is 1. The van der Waals surface area contributed by atoms with Crippen molar-refractivity contribution in [1.29, 1.82) is 0 Å². The van der Waals surface area contributed by atoms with Crippen molar-refractivity contribution < 1.29 is 9.53 Å². The van der Waals surface area contributed by atoms with Crippen LogP contribution in [0, 0.1) is 0 Å². The Morgan fingerprint density at radius 1 is 1.44 bits per heavy atom. The SMILES string of the molecule is COc1cccc(C(=O)Nc2nnc(SC)s2)c1. The molecule has 94 valence electrons. The summed E-state index contributed by atoms with van der Waals surface area (Å²) in [6.07, 6.45) is 1.91. The smallest absolute Gasteiger partial charge is 0.257 e. The van der Waals surface area contributed by atoms with Crippen molar-refractivity contribution >= 4 is 34.1 Å². The summed E-state index contributed by atoms with van der Waals surface area (Å²) in [7, 11) is 1.56. The van der Waals surface area contributed by atoms with E-state index in [9.17, 15) is 4.79 Å². The number of aromatic nitrogens is 2. The molecule has 0 atom stereocenters. The standard InChI is InChI=1S/C11H11N3O2S2/c1-16-8-5-3-4-7(6-8)9(15)12-10-13-14-11(17-2)18-10/h3-6H,1-2H3,(H,12,13,15). The van der Waals surface area contributed by atoms with Crippen LogP contribution >= 0.6 is 23.1 Å². The average Bonchev–Trinajstić information content (AvgIpc) is 2.86. The molecule has 1 amide bonds. The molecule has 0 radical (unpaired) electrons. The molecule has 0 fully saturated rings. The molecule has 7 heteroatoms. The predicted molar refractivity (Wildman–Crippen MR) is 72.6 cm³/mol. The van der Waals surface area contributed by atoms with Crippen LogP contribution in [0.4, 0.5) is 5.13 Å². The van der Waals surface area contributed by atoms with Crippen LogP contribution in [0.15, 0.2) is 28.6 Å². The molecule has 1 heterocycles. The summed E-state index contributed by atoms with van der Waals surface area (Å²) < 4.78 is 5.88. The number of methoxy groups -OCH3 is 1. The largest absolute Gasteiger partial charge is 0.497 e. The molecular weight excluding hydrogens is 270 g/mol. The molecule has 1 N–H and O–H groups in total. The summed E-state index contributed by atoms with van der Waals surface area (Å²) in [5.41, 5.74) is 0.523. The van der Waals surface area contributed by atoms with Gasteiger partial charge in [-0.25, -0.2) is 0 Å². The van der Waals surface area contributed by atoms with Gasteiger partial charge in [-0.2, -0.15) is 0 Å². The number of hydrogen-bond acceptors (Lipinski definition) is 6. The normalized spacial score (nSPS) is 10.1. The van der Waals surface area contributed by atoms with Gasteiger partial charge in [0.1, 0.15) is 5.75 Å². The molecule has 0 unspecified atom stereocenters. The van der Waals surface area contributed by atoms with Gasteiger partial charge >= 0.3 is 0 Å². The first-order chi connectivity index (χ1) is 8.72. The molecule has 2 rings (SSSR count). The number of amides is 1. The van der Waals surface area contributed by atoms with Crippen molar-refractivity contribution in [3.05, 3.63) is 29.8 Å². The Kier molecular flexibility index (Phi) is 4.16. The van der Waals surface area contributed by atoms with Crippen LogP contribution in [0.2, 0.25) is 0 Å². The number of nitrogens with one attached hydrogen (secondary N) is 1. The van der Waals surface area contributed by atoms with E-state index in [1.807, 2.05) is 6.26 Å². The zero-order valence-electron chi connectivity index (χ0n) is 9.84. The lowest BCUT2D eigenvalue weighted by atomic mass is 10.2. The Morgan fingerprint density at radius 3 is 2.94 bits per heavy atom. The summed E-state index contributed by atoms with van der Waals surface area (Å²) in [6.45, 7) is 0. The summed E-state index contributed by atoms with van der Waals surface area (Å²) in [5.74, 6) is 0.419. The van der Waals surface area contributed by atoms with Crippen molar-refractivity contribution in [2.45, 2.75) is 4.34 Å². The molecule has 0 spiro atoms. The van der Waals surface area contributed by atoms with Gasteiger partial charge in [-0.15, -0.1) is 10.2 Å². The molecule has 0 bridgehead atoms. The van der Waals surface area contributed by atoms with Gasteiger partial charge in [0.15, 0.2) is 4.34 Å². The van der Waals surface area contributed by atoms with E-state index < -0.39 is 0 Å². The van der Waals surface area contributed by atoms with Crippen LogP contribution in [-0.4, -0.2) is 29.5 Å². The van der Waals surface area contributed by atoms with E-state index in [1.54, 1.807) is 31.4 Å². The lowest BCUT2D eigenvalue weighted by Crippen LogP contribution is -2.11. The van der Waals surface area contributed by atoms with Gasteiger partial charge in [-0.1, -0.05) is 29.2 Å². The first-order valence-electron chi connectivity index (χ1n) is 5.06. The van der Waals surface area contributed by atoms with Crippen molar-refractivity contribution in [2.75, 3.05) is 18.7 Å². The average molecular weight is 281 g/mol. The summed E-state index contributed by atoms with van der Waals surface area (Å²) in [4.78, 5) is 11.9. The van der Waals surface area contributed by atoms with Gasteiger partial charge < -0.3 is 4.74 Å². The molecule has 2 aromatic rings. The number of thioether (sulfide) groups is 1. The number of anilines is 1. The second kappa shape index (κ2) is 5.83. The van der Waals surface area contributed by atoms with Crippen LogP contribution in [0.25, 0.3) is 0 Å². The van der Waals surface area contributed by atoms with Crippen molar-refractivity contribution in [3.8, 4) is 5.75 Å². The predicted octanol–water partition coefficient (Wildman–Crippen LogP) is 2.52. The topological polar surface area (TPSA) is 64.1 Å². The van der Waals surface area contributed by atoms with E-state index in [-0.39, 0.29) is 5.91 Å². The number of benzene rings is 1. The minimum atomic E-state index is -0.224. The Bertz CT molecular complexity index is 557. The number of carbonyl (C=O) groups is 1. The maximum Gasteiger partial charge on any atom is 0.257 e. The van der Waals surface area contributed by atoms with Gasteiger partial charge in [-0.3, -0.25) is 10.1 Å². The van der Waals surface area contributed by atoms with Crippen molar-refractivity contribution in [1.82, 2.24) is 10.2 Å². The molecule has 0 aliphatic rings. The highest BCUT2D eigenvalue weighted by Gasteiger charge is 2.10. The summed E-state index contributed by atoms with van der Waals surface area (Å²) in [5, 5.41) is 11.0. The third kappa shape index (κ3) is 2.99. The molecular formula is C11H11N3O2S2. The highest BCUT2D eigenvalue weighted by atomic mass is 32.2. The first-order valence-corrected chi connectivity index (χ1v) is 7.10. The van der Waals surface area contributed by atoms with Crippen LogP contribution in [0.1, 0.15) is 10.4 Å². The number of ether oxygens (including phenoxy) is 1. The van der Waals surface area contributed by atoms with Gasteiger partial charge in [-0.05, 0) is 24.5 Å². The lowest BCUT2D eigenvalue weighted by molar-refractivity contribution is 0.102. The molecule has 5 nitrogen and oxygen atoms in total. The second-order valence-corrected chi connectivity index (χ2v) is 5.29. The summed E-state index contributed by atoms with van der Waals surface area (Å²) in [6, 6.07) is 6.94. The van der Waals surface area contributed by atoms with E-state index in [0.717, 1.165) is 4.34 Å². The molecule has 1 aromatic carbocycles. The number of rotatable bonds is 4. The highest BCUT2D eigenvalue weighted by molar-refractivity contribution is 8.00. The summed E-state index contributed by atoms with van der Waals surface area (Å²) >= 11 is 2.84. The first kappa shape index (κ1) is 12.8. The van der Waals surface area contributed by atoms with E-state index >= 15 is 0 Å². The second-order valence-electron chi connectivity index (χ2n) is 3.26. The molecule has 0 saturated carbocycles. The quantitative estimate of drug-likeness (QED) is 0.689. The third-order valence-corrected chi connectivity index (χ3v) is 3.95. The minimum absolute atomic E-state index is 0.224. The zero-order chi connectivity index (χ0) is 13.0. The monoisotopic (exact) mass is 281 g/mol. The molecule has 1 aromatic heterocycles. The van der Waals surface area contributed by atoms with Crippen molar-refractivity contribution in [3.63, 3.8) is 0 Å². The Labute approximate surface area is 113 Å². The zero-order valence-corrected chi connectivity index (χ0v) is 11.5. The fourth-order valence-electron chi connectivity index (χ4n) is 1.28. The molecule has 0 saturated heterocycles. The van der Waals surface area contributed by atoms with Gasteiger partial charge in [0.2, 0.25) is 5.13 Å². The fourth-order valence-corrected chi connectivity index (χ4v) is 2.44. The maximum atomic E-state index is 11.9. The van der Waals surface area contributed by atoms with E-state index in [4.69, 9.17) is 4.74 Å². The Morgan fingerprint density at radius 2 is 2.28 bits per heavy atom. The van der Waals surface area contributed by atoms with Crippen LogP contribution in [0.5, 0.6) is 5.75 Å². The van der Waals surface area contributed by atoms with E-state index in [2.05, 4.69) is 15.5 Å². The fraction of sp³-hybridized carbons (Fsp3) is 0.182. The Hall–Kier alpha value is -1.60. The van der Waals surface area contributed by atoms with Gasteiger partial charge in [0, 0.05) is 5.56 Å². The van der Waals surface area contributed by atoms with E-state index in [1.165, 1.54) is 23.1 Å². The number of nitrogens with zero attached hydrogens (tertiary/aromatic N) is 2. The maximum absolute atomic E-state index is 11.9. The molecule has 0 aliphatic heterocycles. The molecule has 0 aliphatic carbocycles. The van der Waals surface area contributed by atoms with Gasteiger partial charge in [0.25, 0.3) is 5.91 Å². The Balaban J connectivity index is 2.11. The van der Waals surface area contributed by atoms with E-state index in [0.29, 0.717) is 16.4 Å². The third-order valence-electron chi connectivity index (χ3n) is 2.13.